The standard InChI is InChI=1S/C25H39N5OSi/c1-24(2,3)32(6,7)31-18-13-12-17(14-18)28-22-26-16-27-23(30-22)29-21-15-25(4,5)20-11-9-8-10-19(20)21/h8-11,16-18,21H,12-15H2,1-7H3,(H2,26,27,28,29,30)/t17-,18+,21+/m1/s1. The summed E-state index contributed by atoms with van der Waals surface area (Å²) in [4.78, 5) is 13.5. The Balaban J connectivity index is 1.38. The van der Waals surface area contributed by atoms with Gasteiger partial charge in [-0.25, -0.2) is 9.97 Å². The topological polar surface area (TPSA) is 72.0 Å². The fourth-order valence-corrected chi connectivity index (χ4v) is 6.22. The van der Waals surface area contributed by atoms with E-state index in [4.69, 9.17) is 4.43 Å². The van der Waals surface area contributed by atoms with Crippen molar-refractivity contribution >= 4 is 20.2 Å². The molecule has 0 aliphatic heterocycles. The van der Waals surface area contributed by atoms with Crippen molar-refractivity contribution < 1.29 is 4.43 Å². The van der Waals surface area contributed by atoms with Gasteiger partial charge in [-0.3, -0.25) is 0 Å². The molecule has 2 aliphatic carbocycles. The maximum absolute atomic E-state index is 6.63. The summed E-state index contributed by atoms with van der Waals surface area (Å²) in [6.07, 6.45) is 6.13. The number of fused-ring (bicyclic) bond motifs is 1. The van der Waals surface area contributed by atoms with E-state index in [1.165, 1.54) is 11.1 Å². The lowest BCUT2D eigenvalue weighted by Crippen LogP contribution is -2.43. The van der Waals surface area contributed by atoms with E-state index in [1.54, 1.807) is 6.33 Å². The van der Waals surface area contributed by atoms with Crippen LogP contribution in [0.15, 0.2) is 30.6 Å². The number of hydrogen-bond donors (Lipinski definition) is 2. The zero-order valence-corrected chi connectivity index (χ0v) is 21.7. The first-order valence-electron chi connectivity index (χ1n) is 11.9. The Morgan fingerprint density at radius 3 is 2.44 bits per heavy atom. The smallest absolute Gasteiger partial charge is 0.227 e. The first-order valence-corrected chi connectivity index (χ1v) is 14.8. The van der Waals surface area contributed by atoms with Gasteiger partial charge in [0, 0.05) is 12.1 Å². The third kappa shape index (κ3) is 4.83. The van der Waals surface area contributed by atoms with E-state index in [1.807, 2.05) is 0 Å². The SMILES string of the molecule is CC1(C)C[C@H](Nc2ncnc(N[C@@H]3CC[C@H](O[Si](C)(C)C(C)(C)C)C3)n2)c2ccccc21. The van der Waals surface area contributed by atoms with Gasteiger partial charge in [-0.15, -0.1) is 0 Å². The lowest BCUT2D eigenvalue weighted by atomic mass is 9.86. The van der Waals surface area contributed by atoms with Crippen molar-refractivity contribution in [2.24, 2.45) is 0 Å². The van der Waals surface area contributed by atoms with Gasteiger partial charge < -0.3 is 15.1 Å². The molecule has 1 aromatic carbocycles. The molecule has 0 amide bonds. The minimum absolute atomic E-state index is 0.144. The van der Waals surface area contributed by atoms with E-state index in [2.05, 4.69) is 97.6 Å². The van der Waals surface area contributed by atoms with Gasteiger partial charge in [0.25, 0.3) is 0 Å². The van der Waals surface area contributed by atoms with E-state index < -0.39 is 8.32 Å². The summed E-state index contributed by atoms with van der Waals surface area (Å²) >= 11 is 0. The normalized spacial score (nSPS) is 24.9. The molecule has 6 nitrogen and oxygen atoms in total. The van der Waals surface area contributed by atoms with Gasteiger partial charge in [0.05, 0.1) is 6.04 Å². The molecule has 0 radical (unpaired) electrons. The van der Waals surface area contributed by atoms with Gasteiger partial charge >= 0.3 is 0 Å². The lowest BCUT2D eigenvalue weighted by molar-refractivity contribution is 0.187. The molecule has 7 heteroatoms. The van der Waals surface area contributed by atoms with Crippen molar-refractivity contribution in [2.45, 2.75) is 102 Å². The molecule has 32 heavy (non-hydrogen) atoms. The van der Waals surface area contributed by atoms with Crippen molar-refractivity contribution in [3.05, 3.63) is 41.7 Å². The molecule has 0 spiro atoms. The third-order valence-corrected chi connectivity index (χ3v) is 12.2. The summed E-state index contributed by atoms with van der Waals surface area (Å²) in [5, 5.41) is 7.32. The molecule has 1 saturated carbocycles. The van der Waals surface area contributed by atoms with Crippen LogP contribution in [-0.4, -0.2) is 35.4 Å². The van der Waals surface area contributed by atoms with Crippen LogP contribution in [-0.2, 0) is 9.84 Å². The number of anilines is 2. The Hall–Kier alpha value is -1.99. The summed E-state index contributed by atoms with van der Waals surface area (Å²) in [5.74, 6) is 1.28. The Morgan fingerprint density at radius 1 is 1.03 bits per heavy atom. The van der Waals surface area contributed by atoms with Crippen LogP contribution >= 0.6 is 0 Å². The predicted molar refractivity (Wildman–Crippen MR) is 134 cm³/mol. The van der Waals surface area contributed by atoms with Crippen LogP contribution in [0, 0.1) is 0 Å². The fraction of sp³-hybridized carbons (Fsp3) is 0.640. The fourth-order valence-electron chi connectivity index (χ4n) is 4.82. The van der Waals surface area contributed by atoms with Gasteiger partial charge in [0.15, 0.2) is 8.32 Å². The molecule has 0 saturated heterocycles. The highest BCUT2D eigenvalue weighted by molar-refractivity contribution is 6.74. The van der Waals surface area contributed by atoms with Crippen molar-refractivity contribution in [1.29, 1.82) is 0 Å². The quantitative estimate of drug-likeness (QED) is 0.518. The molecule has 2 aliphatic rings. The van der Waals surface area contributed by atoms with E-state index in [0.717, 1.165) is 25.7 Å². The van der Waals surface area contributed by atoms with Crippen molar-refractivity contribution in [2.75, 3.05) is 10.6 Å². The number of nitrogens with zero attached hydrogens (tertiary/aromatic N) is 3. The highest BCUT2D eigenvalue weighted by Gasteiger charge is 2.41. The summed E-state index contributed by atoms with van der Waals surface area (Å²) in [6.45, 7) is 16.2. The minimum Gasteiger partial charge on any atom is -0.414 e. The summed E-state index contributed by atoms with van der Waals surface area (Å²) in [6, 6.07) is 9.23. The molecule has 1 aromatic heterocycles. The number of hydrogen-bond acceptors (Lipinski definition) is 6. The van der Waals surface area contributed by atoms with Crippen molar-refractivity contribution in [3.8, 4) is 0 Å². The van der Waals surface area contributed by atoms with E-state index in [9.17, 15) is 0 Å². The molecule has 2 N–H and O–H groups in total. The van der Waals surface area contributed by atoms with Crippen molar-refractivity contribution in [3.63, 3.8) is 0 Å². The third-order valence-electron chi connectivity index (χ3n) is 7.64. The first kappa shape index (κ1) is 23.2. The van der Waals surface area contributed by atoms with E-state index in [-0.39, 0.29) is 16.5 Å². The van der Waals surface area contributed by atoms with Crippen LogP contribution in [0.1, 0.15) is 77.5 Å². The second kappa shape index (κ2) is 8.41. The average molecular weight is 454 g/mol. The second-order valence-corrected chi connectivity index (χ2v) is 16.4. The number of nitrogens with one attached hydrogen (secondary N) is 2. The Morgan fingerprint density at radius 2 is 1.72 bits per heavy atom. The second-order valence-electron chi connectivity index (χ2n) is 11.7. The van der Waals surface area contributed by atoms with Gasteiger partial charge in [-0.2, -0.15) is 4.98 Å². The van der Waals surface area contributed by atoms with Crippen LogP contribution in [0.4, 0.5) is 11.9 Å². The van der Waals surface area contributed by atoms with Gasteiger partial charge in [0.1, 0.15) is 6.33 Å². The average Bonchev–Trinajstić information content (AvgIpc) is 3.22. The maximum Gasteiger partial charge on any atom is 0.227 e. The monoisotopic (exact) mass is 453 g/mol. The Bertz CT molecular complexity index is 955. The predicted octanol–water partition coefficient (Wildman–Crippen LogP) is 6.06. The number of rotatable bonds is 6. The van der Waals surface area contributed by atoms with Gasteiger partial charge in [-0.1, -0.05) is 58.9 Å². The number of benzene rings is 1. The summed E-state index contributed by atoms with van der Waals surface area (Å²) in [7, 11) is -1.74. The molecular weight excluding hydrogens is 414 g/mol. The Kier molecular flexibility index (Phi) is 6.09. The molecule has 174 valence electrons. The molecule has 2 aromatic rings. The van der Waals surface area contributed by atoms with Crippen LogP contribution in [0.25, 0.3) is 0 Å². The minimum atomic E-state index is -1.74. The molecule has 4 rings (SSSR count). The van der Waals surface area contributed by atoms with Crippen molar-refractivity contribution in [1.82, 2.24) is 15.0 Å². The maximum atomic E-state index is 6.63. The Labute approximate surface area is 194 Å². The lowest BCUT2D eigenvalue weighted by Gasteiger charge is -2.38. The van der Waals surface area contributed by atoms with Crippen LogP contribution < -0.4 is 10.6 Å². The summed E-state index contributed by atoms with van der Waals surface area (Å²) in [5.41, 5.74) is 2.89. The van der Waals surface area contributed by atoms with E-state index >= 15 is 0 Å². The van der Waals surface area contributed by atoms with Crippen LogP contribution in [0.2, 0.25) is 18.1 Å². The largest absolute Gasteiger partial charge is 0.414 e. The highest BCUT2D eigenvalue weighted by atomic mass is 28.4. The molecule has 0 unspecified atom stereocenters. The first-order chi connectivity index (χ1) is 14.9. The molecule has 0 bridgehead atoms. The van der Waals surface area contributed by atoms with Crippen LogP contribution in [0.3, 0.4) is 0 Å². The molecular formula is C25H39N5OSi. The highest BCUT2D eigenvalue weighted by Crippen LogP contribution is 2.45. The zero-order chi connectivity index (χ0) is 23.1. The molecule has 3 atom stereocenters. The summed E-state index contributed by atoms with van der Waals surface area (Å²) < 4.78 is 6.63. The van der Waals surface area contributed by atoms with E-state index in [0.29, 0.717) is 24.0 Å². The molecule has 1 heterocycles. The zero-order valence-electron chi connectivity index (χ0n) is 20.7. The van der Waals surface area contributed by atoms with Crippen LogP contribution in [0.5, 0.6) is 0 Å². The van der Waals surface area contributed by atoms with Gasteiger partial charge in [0.2, 0.25) is 11.9 Å². The van der Waals surface area contributed by atoms with Gasteiger partial charge in [-0.05, 0) is 60.4 Å². The number of aromatic nitrogens is 3. The molecule has 1 fully saturated rings.